The van der Waals surface area contributed by atoms with E-state index in [0.717, 1.165) is 61.4 Å². The molecule has 3 aromatic rings. The van der Waals surface area contributed by atoms with Crippen LogP contribution in [0.5, 0.6) is 0 Å². The molecular weight excluding hydrogens is 459 g/mol. The summed E-state index contributed by atoms with van der Waals surface area (Å²) in [5.41, 5.74) is 3.95. The van der Waals surface area contributed by atoms with Crippen LogP contribution in [0.15, 0.2) is 35.1 Å². The molecule has 1 saturated heterocycles. The SMILES string of the molecule is Cc1cc(-c2c(F)cncc2N2CCNCC2)ccc1CNC(=O)c1noc(C2(C)CC2)n1.Cl. The monoisotopic (exact) mass is 486 g/mol. The van der Waals surface area contributed by atoms with E-state index in [4.69, 9.17) is 4.52 Å². The van der Waals surface area contributed by atoms with Gasteiger partial charge < -0.3 is 20.1 Å². The van der Waals surface area contributed by atoms with Crippen molar-refractivity contribution < 1.29 is 13.7 Å². The Labute approximate surface area is 203 Å². The second-order valence-electron chi connectivity index (χ2n) is 9.06. The zero-order chi connectivity index (χ0) is 23.0. The number of halogens is 2. The minimum absolute atomic E-state index is 0. The van der Waals surface area contributed by atoms with Crippen molar-refractivity contribution in [2.75, 3.05) is 31.1 Å². The van der Waals surface area contributed by atoms with Crippen molar-refractivity contribution in [2.24, 2.45) is 0 Å². The number of nitrogens with one attached hydrogen (secondary N) is 2. The van der Waals surface area contributed by atoms with Crippen LogP contribution >= 0.6 is 12.4 Å². The van der Waals surface area contributed by atoms with Gasteiger partial charge in [-0.15, -0.1) is 12.4 Å². The number of rotatable bonds is 6. The Hall–Kier alpha value is -3.04. The standard InChI is InChI=1S/C24H27FN6O2.ClH/c1-15-11-16(20-18(25)13-27-14-19(20)31-9-7-26-8-10-31)3-4-17(15)12-28-22(32)21-29-23(33-30-21)24(2)5-6-24;/h3-4,11,13-14,26H,5-10,12H2,1-2H3,(H,28,32);1H. The lowest BCUT2D eigenvalue weighted by Gasteiger charge is -2.31. The zero-order valence-electron chi connectivity index (χ0n) is 19.2. The molecule has 3 heterocycles. The molecule has 1 aromatic carbocycles. The van der Waals surface area contributed by atoms with Gasteiger partial charge in [-0.1, -0.05) is 30.3 Å². The maximum absolute atomic E-state index is 14.9. The van der Waals surface area contributed by atoms with E-state index in [1.165, 1.54) is 6.20 Å². The molecule has 0 atom stereocenters. The number of hydrogen-bond acceptors (Lipinski definition) is 7. The summed E-state index contributed by atoms with van der Waals surface area (Å²) in [5.74, 6) is -0.151. The van der Waals surface area contributed by atoms with Crippen molar-refractivity contribution >= 4 is 24.0 Å². The first-order valence-electron chi connectivity index (χ1n) is 11.3. The van der Waals surface area contributed by atoms with Gasteiger partial charge in [-0.3, -0.25) is 9.78 Å². The largest absolute Gasteiger partial charge is 0.367 e. The smallest absolute Gasteiger partial charge is 0.292 e. The molecule has 10 heteroatoms. The Bertz CT molecular complexity index is 1190. The van der Waals surface area contributed by atoms with E-state index in [-0.39, 0.29) is 35.4 Å². The van der Waals surface area contributed by atoms with Gasteiger partial charge in [0.15, 0.2) is 5.82 Å². The van der Waals surface area contributed by atoms with Gasteiger partial charge in [-0.2, -0.15) is 4.98 Å². The summed E-state index contributed by atoms with van der Waals surface area (Å²) >= 11 is 0. The van der Waals surface area contributed by atoms with Gasteiger partial charge in [-0.05, 0) is 36.5 Å². The van der Waals surface area contributed by atoms with Gasteiger partial charge in [0, 0.05) is 43.7 Å². The van der Waals surface area contributed by atoms with Crippen LogP contribution in [0.3, 0.4) is 0 Å². The lowest BCUT2D eigenvalue weighted by Crippen LogP contribution is -2.43. The lowest BCUT2D eigenvalue weighted by atomic mass is 9.98. The summed E-state index contributed by atoms with van der Waals surface area (Å²) in [7, 11) is 0. The van der Waals surface area contributed by atoms with E-state index >= 15 is 0 Å². The maximum Gasteiger partial charge on any atom is 0.292 e. The fourth-order valence-electron chi connectivity index (χ4n) is 4.12. The number of carbonyl (C=O) groups excluding carboxylic acids is 1. The van der Waals surface area contributed by atoms with Gasteiger partial charge in [0.25, 0.3) is 11.7 Å². The summed E-state index contributed by atoms with van der Waals surface area (Å²) in [6.45, 7) is 7.64. The molecule has 0 radical (unpaired) electrons. The van der Waals surface area contributed by atoms with Crippen LogP contribution in [0.2, 0.25) is 0 Å². The molecule has 5 rings (SSSR count). The number of carbonyl (C=O) groups is 1. The van der Waals surface area contributed by atoms with Crippen molar-refractivity contribution in [3.8, 4) is 11.1 Å². The number of amides is 1. The Morgan fingerprint density at radius 3 is 2.74 bits per heavy atom. The van der Waals surface area contributed by atoms with E-state index < -0.39 is 0 Å². The van der Waals surface area contributed by atoms with Crippen molar-refractivity contribution in [3.05, 3.63) is 59.3 Å². The Kier molecular flexibility index (Phi) is 6.86. The maximum atomic E-state index is 14.9. The molecule has 34 heavy (non-hydrogen) atoms. The highest BCUT2D eigenvalue weighted by Crippen LogP contribution is 2.46. The number of hydrogen-bond donors (Lipinski definition) is 2. The minimum atomic E-state index is -0.376. The molecule has 1 aliphatic heterocycles. The third-order valence-corrected chi connectivity index (χ3v) is 6.55. The molecule has 0 unspecified atom stereocenters. The molecule has 8 nitrogen and oxygen atoms in total. The Morgan fingerprint density at radius 1 is 1.26 bits per heavy atom. The van der Waals surface area contributed by atoms with Crippen molar-refractivity contribution in [2.45, 2.75) is 38.6 Å². The summed E-state index contributed by atoms with van der Waals surface area (Å²) in [5, 5.41) is 9.99. The Balaban J connectivity index is 0.00000274. The van der Waals surface area contributed by atoms with Gasteiger partial charge in [0.1, 0.15) is 0 Å². The van der Waals surface area contributed by atoms with Crippen LogP contribution in [0.25, 0.3) is 11.1 Å². The average Bonchev–Trinajstić information content (AvgIpc) is 3.37. The number of aromatic nitrogens is 3. The Morgan fingerprint density at radius 2 is 2.03 bits per heavy atom. The van der Waals surface area contributed by atoms with Crippen LogP contribution in [0.4, 0.5) is 10.1 Å². The first kappa shape index (κ1) is 24.1. The molecule has 0 bridgehead atoms. The van der Waals surface area contributed by atoms with Gasteiger partial charge in [-0.25, -0.2) is 4.39 Å². The van der Waals surface area contributed by atoms with Crippen LogP contribution < -0.4 is 15.5 Å². The molecule has 2 aromatic heterocycles. The molecule has 0 spiro atoms. The van der Waals surface area contributed by atoms with E-state index in [1.54, 1.807) is 6.20 Å². The first-order chi connectivity index (χ1) is 15.9. The van der Waals surface area contributed by atoms with E-state index in [1.807, 2.05) is 32.0 Å². The van der Waals surface area contributed by atoms with Gasteiger partial charge >= 0.3 is 0 Å². The van der Waals surface area contributed by atoms with Gasteiger partial charge in [0.2, 0.25) is 5.89 Å². The van der Waals surface area contributed by atoms with Crippen LogP contribution in [0.1, 0.15) is 47.4 Å². The highest BCUT2D eigenvalue weighted by atomic mass is 35.5. The van der Waals surface area contributed by atoms with E-state index in [9.17, 15) is 9.18 Å². The highest BCUT2D eigenvalue weighted by Gasteiger charge is 2.44. The first-order valence-corrected chi connectivity index (χ1v) is 11.3. The van der Waals surface area contributed by atoms with Crippen LogP contribution in [-0.2, 0) is 12.0 Å². The number of aryl methyl sites for hydroxylation is 1. The summed E-state index contributed by atoms with van der Waals surface area (Å²) < 4.78 is 20.1. The number of anilines is 1. The molecule has 1 aliphatic carbocycles. The molecule has 2 N–H and O–H groups in total. The van der Waals surface area contributed by atoms with Gasteiger partial charge in [0.05, 0.1) is 18.1 Å². The average molecular weight is 487 g/mol. The number of pyridine rings is 1. The highest BCUT2D eigenvalue weighted by molar-refractivity contribution is 5.90. The summed E-state index contributed by atoms with van der Waals surface area (Å²) in [4.78, 5) is 23.0. The predicted octanol–water partition coefficient (Wildman–Crippen LogP) is 3.39. The minimum Gasteiger partial charge on any atom is -0.367 e. The van der Waals surface area contributed by atoms with E-state index in [2.05, 4.69) is 30.7 Å². The van der Waals surface area contributed by atoms with Crippen LogP contribution in [0, 0.1) is 12.7 Å². The fraction of sp³-hybridized carbons (Fsp3) is 0.417. The fourth-order valence-corrected chi connectivity index (χ4v) is 4.12. The third kappa shape index (κ3) is 4.76. The van der Waals surface area contributed by atoms with Crippen molar-refractivity contribution in [1.82, 2.24) is 25.8 Å². The molecule has 1 saturated carbocycles. The predicted molar refractivity (Wildman–Crippen MR) is 129 cm³/mol. The number of piperazine rings is 1. The van der Waals surface area contributed by atoms with Crippen molar-refractivity contribution in [1.29, 1.82) is 0 Å². The molecule has 2 aliphatic rings. The van der Waals surface area contributed by atoms with Crippen molar-refractivity contribution in [3.63, 3.8) is 0 Å². The topological polar surface area (TPSA) is 96.2 Å². The molecule has 180 valence electrons. The zero-order valence-corrected chi connectivity index (χ0v) is 20.0. The van der Waals surface area contributed by atoms with Crippen LogP contribution in [-0.4, -0.2) is 47.2 Å². The second-order valence-corrected chi connectivity index (χ2v) is 9.06. The summed E-state index contributed by atoms with van der Waals surface area (Å²) in [6, 6.07) is 5.75. The molecule has 1 amide bonds. The quantitative estimate of drug-likeness (QED) is 0.551. The normalized spacial score (nSPS) is 16.6. The number of benzene rings is 1. The van der Waals surface area contributed by atoms with E-state index in [0.29, 0.717) is 18.0 Å². The second kappa shape index (κ2) is 9.68. The number of nitrogens with zero attached hydrogens (tertiary/aromatic N) is 4. The molecular formula is C24H28ClFN6O2. The summed E-state index contributed by atoms with van der Waals surface area (Å²) in [6.07, 6.45) is 4.98. The molecule has 2 fully saturated rings. The lowest BCUT2D eigenvalue weighted by molar-refractivity contribution is 0.0937. The third-order valence-electron chi connectivity index (χ3n) is 6.55.